The van der Waals surface area contributed by atoms with Gasteiger partial charge in [0.2, 0.25) is 0 Å². The van der Waals surface area contributed by atoms with E-state index in [4.69, 9.17) is 0 Å². The van der Waals surface area contributed by atoms with Crippen LogP contribution in [0, 0.1) is 0 Å². The molecule has 9 aromatic rings. The molecule has 0 unspecified atom stereocenters. The Hall–Kier alpha value is -6.12. The van der Waals surface area contributed by atoms with Gasteiger partial charge < -0.3 is 9.13 Å². The van der Waals surface area contributed by atoms with Crippen molar-refractivity contribution in [2.24, 2.45) is 0 Å². The van der Waals surface area contributed by atoms with Crippen molar-refractivity contribution in [2.45, 2.75) is 12.8 Å². The molecule has 0 N–H and O–H groups in total. The Morgan fingerprint density at radius 2 is 1.02 bits per heavy atom. The second-order valence-electron chi connectivity index (χ2n) is 12.9. The summed E-state index contributed by atoms with van der Waals surface area (Å²) in [5.41, 5.74) is 13.8. The Morgan fingerprint density at radius 1 is 0.396 bits per heavy atom. The predicted molar refractivity (Wildman–Crippen MR) is 203 cm³/mol. The monoisotopic (exact) mass is 612 g/mol. The summed E-state index contributed by atoms with van der Waals surface area (Å²) in [6.45, 7) is 0. The van der Waals surface area contributed by atoms with Crippen LogP contribution in [0.1, 0.15) is 17.7 Å². The highest BCUT2D eigenvalue weighted by Crippen LogP contribution is 2.38. The van der Waals surface area contributed by atoms with Gasteiger partial charge in [0.05, 0.1) is 16.6 Å². The van der Waals surface area contributed by atoms with E-state index in [1.807, 2.05) is 0 Å². The molecule has 0 radical (unpaired) electrons. The molecule has 2 nitrogen and oxygen atoms in total. The molecule has 0 aliphatic heterocycles. The van der Waals surface area contributed by atoms with Crippen LogP contribution >= 0.6 is 0 Å². The van der Waals surface area contributed by atoms with E-state index < -0.39 is 0 Å². The van der Waals surface area contributed by atoms with Crippen LogP contribution in [0.3, 0.4) is 0 Å². The number of allylic oxidation sites excluding steroid dienone is 1. The molecule has 0 fully saturated rings. The van der Waals surface area contributed by atoms with Crippen molar-refractivity contribution in [3.8, 4) is 33.6 Å². The second kappa shape index (κ2) is 10.7. The summed E-state index contributed by atoms with van der Waals surface area (Å²) < 4.78 is 4.85. The summed E-state index contributed by atoms with van der Waals surface area (Å²) in [5.74, 6) is 0. The van der Waals surface area contributed by atoms with Crippen molar-refractivity contribution in [1.29, 1.82) is 0 Å². The van der Waals surface area contributed by atoms with Gasteiger partial charge in [0.15, 0.2) is 0 Å². The largest absolute Gasteiger partial charge is 0.313 e. The summed E-state index contributed by atoms with van der Waals surface area (Å²) in [5, 5.41) is 6.41. The van der Waals surface area contributed by atoms with Gasteiger partial charge in [0, 0.05) is 38.8 Å². The van der Waals surface area contributed by atoms with Crippen molar-refractivity contribution in [3.63, 3.8) is 0 Å². The average Bonchev–Trinajstić information content (AvgIpc) is 3.67. The van der Waals surface area contributed by atoms with Crippen LogP contribution in [0.15, 0.2) is 164 Å². The maximum absolute atomic E-state index is 2.48. The Bertz CT molecular complexity index is 2700. The van der Waals surface area contributed by atoms with Crippen molar-refractivity contribution in [2.75, 3.05) is 0 Å². The molecule has 0 bridgehead atoms. The minimum atomic E-state index is 1.05. The number of rotatable bonds is 4. The van der Waals surface area contributed by atoms with Crippen LogP contribution in [0.2, 0.25) is 0 Å². The smallest absolute Gasteiger partial charge is 0.0541 e. The molecule has 48 heavy (non-hydrogen) atoms. The summed E-state index contributed by atoms with van der Waals surface area (Å²) in [6, 6.07) is 57.8. The summed E-state index contributed by atoms with van der Waals surface area (Å²) in [4.78, 5) is 0. The van der Waals surface area contributed by atoms with Gasteiger partial charge in [-0.3, -0.25) is 0 Å². The third kappa shape index (κ3) is 4.19. The molecule has 2 aromatic heterocycles. The molecular formula is C46H32N2. The third-order valence-corrected chi connectivity index (χ3v) is 10.2. The molecule has 10 rings (SSSR count). The highest BCUT2D eigenvalue weighted by atomic mass is 15.0. The molecule has 0 saturated carbocycles. The minimum Gasteiger partial charge on any atom is -0.313 e. The van der Waals surface area contributed by atoms with Crippen molar-refractivity contribution < 1.29 is 0 Å². The maximum atomic E-state index is 2.48. The molecule has 2 heteroatoms. The molecule has 226 valence electrons. The zero-order valence-corrected chi connectivity index (χ0v) is 26.5. The highest BCUT2D eigenvalue weighted by Gasteiger charge is 2.20. The quantitative estimate of drug-likeness (QED) is 0.187. The van der Waals surface area contributed by atoms with Crippen LogP contribution in [0.5, 0.6) is 0 Å². The van der Waals surface area contributed by atoms with Gasteiger partial charge in [-0.05, 0) is 100 Å². The number of para-hydroxylation sites is 2. The van der Waals surface area contributed by atoms with E-state index in [1.165, 1.54) is 88.4 Å². The van der Waals surface area contributed by atoms with Crippen molar-refractivity contribution in [3.05, 3.63) is 175 Å². The second-order valence-corrected chi connectivity index (χ2v) is 12.9. The van der Waals surface area contributed by atoms with Crippen molar-refractivity contribution >= 4 is 49.6 Å². The van der Waals surface area contributed by atoms with Gasteiger partial charge in [-0.2, -0.15) is 0 Å². The lowest BCUT2D eigenvalue weighted by Gasteiger charge is -2.14. The lowest BCUT2D eigenvalue weighted by atomic mass is 9.97. The van der Waals surface area contributed by atoms with Crippen LogP contribution in [-0.4, -0.2) is 9.13 Å². The van der Waals surface area contributed by atoms with E-state index in [0.29, 0.717) is 0 Å². The van der Waals surface area contributed by atoms with E-state index in [0.717, 1.165) is 12.8 Å². The molecule has 0 amide bonds. The molecular weight excluding hydrogens is 581 g/mol. The van der Waals surface area contributed by atoms with E-state index in [9.17, 15) is 0 Å². The first-order chi connectivity index (χ1) is 23.8. The summed E-state index contributed by atoms with van der Waals surface area (Å²) in [7, 11) is 0. The fourth-order valence-electron chi connectivity index (χ4n) is 7.87. The topological polar surface area (TPSA) is 9.86 Å². The van der Waals surface area contributed by atoms with E-state index in [2.05, 4.69) is 179 Å². The van der Waals surface area contributed by atoms with Crippen molar-refractivity contribution in [1.82, 2.24) is 9.13 Å². The number of hydrogen-bond donors (Lipinski definition) is 0. The standard InChI is InChI=1S/C46H32N2/c1-2-12-37(13-3-1)47-43-16-8-6-14-39(43)41-29-35(23-26-45(41)47)32-18-20-33(21-19-32)36-24-27-46-42(30-36)40-15-7-9-17-44(40)48(46)38-25-22-31-10-4-5-11-34(31)28-38/h1-8,10-16,18-30H,9,17H2. The van der Waals surface area contributed by atoms with Crippen LogP contribution in [0.25, 0.3) is 83.2 Å². The molecule has 2 heterocycles. The van der Waals surface area contributed by atoms with Crippen LogP contribution < -0.4 is 0 Å². The number of aromatic nitrogens is 2. The number of benzene rings is 7. The Labute approximate surface area is 279 Å². The van der Waals surface area contributed by atoms with Gasteiger partial charge in [0.25, 0.3) is 0 Å². The molecule has 1 aliphatic rings. The summed E-state index contributed by atoms with van der Waals surface area (Å²) >= 11 is 0. The summed E-state index contributed by atoms with van der Waals surface area (Å²) in [6.07, 6.45) is 6.77. The first kappa shape index (κ1) is 27.0. The zero-order valence-electron chi connectivity index (χ0n) is 26.5. The van der Waals surface area contributed by atoms with Crippen LogP contribution in [-0.2, 0) is 6.42 Å². The first-order valence-corrected chi connectivity index (χ1v) is 16.8. The molecule has 0 spiro atoms. The third-order valence-electron chi connectivity index (χ3n) is 10.2. The number of nitrogens with zero attached hydrogens (tertiary/aromatic N) is 2. The molecule has 0 atom stereocenters. The number of hydrogen-bond acceptors (Lipinski definition) is 0. The molecule has 7 aromatic carbocycles. The first-order valence-electron chi connectivity index (χ1n) is 16.8. The fraction of sp³-hybridized carbons (Fsp3) is 0.0435. The average molecular weight is 613 g/mol. The fourth-order valence-corrected chi connectivity index (χ4v) is 7.87. The Kier molecular flexibility index (Phi) is 6.04. The maximum Gasteiger partial charge on any atom is 0.0541 e. The SMILES string of the molecule is C1=Cc2c(n(-c3ccc4ccccc4c3)c3ccc(-c4ccc(-c5ccc6c(c5)c5ccccc5n6-c5ccccc5)cc4)cc23)CC1. The lowest BCUT2D eigenvalue weighted by Crippen LogP contribution is -2.02. The van der Waals surface area contributed by atoms with Gasteiger partial charge in [-0.15, -0.1) is 0 Å². The predicted octanol–water partition coefficient (Wildman–Crippen LogP) is 12.2. The van der Waals surface area contributed by atoms with E-state index in [-0.39, 0.29) is 0 Å². The normalized spacial score (nSPS) is 12.8. The van der Waals surface area contributed by atoms with E-state index in [1.54, 1.807) is 0 Å². The van der Waals surface area contributed by atoms with Crippen LogP contribution in [0.4, 0.5) is 0 Å². The Balaban J connectivity index is 1.04. The van der Waals surface area contributed by atoms with Gasteiger partial charge >= 0.3 is 0 Å². The number of fused-ring (bicyclic) bond motifs is 7. The van der Waals surface area contributed by atoms with Gasteiger partial charge in [0.1, 0.15) is 0 Å². The van der Waals surface area contributed by atoms with Gasteiger partial charge in [-0.1, -0.05) is 115 Å². The Morgan fingerprint density at radius 3 is 1.81 bits per heavy atom. The minimum absolute atomic E-state index is 1.05. The molecule has 1 aliphatic carbocycles. The van der Waals surface area contributed by atoms with Gasteiger partial charge in [-0.25, -0.2) is 0 Å². The zero-order chi connectivity index (χ0) is 31.6. The molecule has 0 saturated heterocycles. The lowest BCUT2D eigenvalue weighted by molar-refractivity contribution is 0.889. The highest BCUT2D eigenvalue weighted by molar-refractivity contribution is 6.10. The van der Waals surface area contributed by atoms with E-state index >= 15 is 0 Å².